The van der Waals surface area contributed by atoms with Gasteiger partial charge in [-0.1, -0.05) is 225 Å². The number of hydrogen-bond acceptors (Lipinski definition) is 4. The summed E-state index contributed by atoms with van der Waals surface area (Å²) in [6.45, 7) is 18.3. The first-order valence-corrected chi connectivity index (χ1v) is 32.4. The Morgan fingerprint density at radius 3 is 1.03 bits per heavy atom. The highest BCUT2D eigenvalue weighted by Gasteiger charge is 2.33. The molecule has 14 aromatic rings. The van der Waals surface area contributed by atoms with Gasteiger partial charge in [0.1, 0.15) is 11.2 Å². The van der Waals surface area contributed by atoms with E-state index in [0.717, 1.165) is 77.8 Å². The van der Waals surface area contributed by atoms with Crippen molar-refractivity contribution in [2.24, 2.45) is 0 Å². The van der Waals surface area contributed by atoms with E-state index in [4.69, 9.17) is 8.83 Å². The first-order chi connectivity index (χ1) is 42.8. The summed E-state index contributed by atoms with van der Waals surface area (Å²) in [4.78, 5) is 5.12. The molecule has 0 spiro atoms. The molecule has 434 valence electrons. The van der Waals surface area contributed by atoms with Crippen molar-refractivity contribution in [1.82, 2.24) is 0 Å². The summed E-state index contributed by atoms with van der Waals surface area (Å²) in [5.41, 5.74) is 22.8. The number of rotatable bonds is 10. The Kier molecular flexibility index (Phi) is 12.8. The van der Waals surface area contributed by atoms with E-state index in [9.17, 15) is 0 Å². The van der Waals surface area contributed by atoms with Crippen LogP contribution in [0.2, 0.25) is 0 Å². The molecule has 88 heavy (non-hydrogen) atoms. The Bertz CT molecular complexity index is 4710. The summed E-state index contributed by atoms with van der Waals surface area (Å²) < 4.78 is 14.9. The summed E-state index contributed by atoms with van der Waals surface area (Å²) in [5, 5.41) is 12.4. The molecule has 12 aromatic carbocycles. The zero-order valence-corrected chi connectivity index (χ0v) is 52.2. The predicted octanol–water partition coefficient (Wildman–Crippen LogP) is 25.2. The Morgan fingerprint density at radius 2 is 0.659 bits per heavy atom. The Hall–Kier alpha value is -9.12. The molecule has 0 aliphatic heterocycles. The molecule has 2 fully saturated rings. The third-order valence-corrected chi connectivity index (χ3v) is 20.3. The average Bonchev–Trinajstić information content (AvgIpc) is 0.977. The zero-order valence-electron chi connectivity index (χ0n) is 52.2. The van der Waals surface area contributed by atoms with Crippen LogP contribution >= 0.6 is 0 Å². The number of nitrogens with zero attached hydrogens (tertiary/aromatic N) is 2. The number of fused-ring (bicyclic) bond motifs is 6. The molecule has 0 unspecified atom stereocenters. The largest absolute Gasteiger partial charge is 0.453 e. The minimum absolute atomic E-state index is 0.0197. The minimum Gasteiger partial charge on any atom is -0.453 e. The van der Waals surface area contributed by atoms with Crippen molar-refractivity contribution in [3.63, 3.8) is 0 Å². The van der Waals surface area contributed by atoms with Crippen LogP contribution < -0.4 is 9.80 Å². The van der Waals surface area contributed by atoms with Gasteiger partial charge >= 0.3 is 0 Å². The molecule has 0 N–H and O–H groups in total. The molecule has 0 radical (unpaired) electrons. The van der Waals surface area contributed by atoms with Crippen LogP contribution in [0.3, 0.4) is 0 Å². The first-order valence-electron chi connectivity index (χ1n) is 32.4. The molecule has 0 amide bonds. The number of aryl methyl sites for hydroxylation is 2. The van der Waals surface area contributed by atoms with Crippen molar-refractivity contribution < 1.29 is 8.83 Å². The molecule has 2 heterocycles. The van der Waals surface area contributed by atoms with Gasteiger partial charge in [0.15, 0.2) is 11.2 Å². The average molecular weight is 1150 g/mol. The Labute approximate surface area is 517 Å². The highest BCUT2D eigenvalue weighted by Crippen LogP contribution is 2.56. The van der Waals surface area contributed by atoms with Crippen molar-refractivity contribution in [3.05, 3.63) is 240 Å². The monoisotopic (exact) mass is 1140 g/mol. The summed E-state index contributed by atoms with van der Waals surface area (Å²) >= 11 is 0. The highest BCUT2D eigenvalue weighted by molar-refractivity contribution is 6.30. The zero-order chi connectivity index (χ0) is 59.7. The van der Waals surface area contributed by atoms with Crippen LogP contribution in [-0.2, 0) is 10.8 Å². The van der Waals surface area contributed by atoms with Crippen LogP contribution in [0.4, 0.5) is 34.1 Å². The van der Waals surface area contributed by atoms with Gasteiger partial charge in [0.05, 0.1) is 22.7 Å². The van der Waals surface area contributed by atoms with Crippen LogP contribution in [0, 0.1) is 13.8 Å². The van der Waals surface area contributed by atoms with E-state index >= 15 is 0 Å². The van der Waals surface area contributed by atoms with Gasteiger partial charge in [-0.3, -0.25) is 0 Å². The fourth-order valence-electron chi connectivity index (χ4n) is 15.7. The lowest BCUT2D eigenvalue weighted by molar-refractivity contribution is 0.590. The van der Waals surface area contributed by atoms with E-state index in [1.807, 2.05) is 0 Å². The standard InChI is InChI=1S/C84H76N2O2/c1-51-21-9-15-27-59(51)63-29-17-31-65-67-33-19-35-73(81(67)87-79(63)65)85(57-41-37-55(38-42-57)83(3,4)5)75-49-71(53-23-11-12-24-53)61-46-48-70-76(50-72(54-25-13-14-26-54)62-45-47-69(75)77(61)78(62)70)86(58-43-39-56(40-44-58)84(6,7)8)74-36-20-34-68-66-32-18-30-64(80(66)88-82(68)74)60-28-16-10-22-52(60)2/h9-10,15-22,27-50,53-54H,11-14,23-26H2,1-8H3. The van der Waals surface area contributed by atoms with Gasteiger partial charge in [-0.15, -0.1) is 0 Å². The van der Waals surface area contributed by atoms with E-state index in [0.29, 0.717) is 11.8 Å². The highest BCUT2D eigenvalue weighted by atomic mass is 16.3. The molecular weight excluding hydrogens is 1070 g/mol. The van der Waals surface area contributed by atoms with Gasteiger partial charge in [0, 0.05) is 54.8 Å². The molecule has 4 heteroatoms. The molecule has 0 saturated heterocycles. The Balaban J connectivity index is 1.01. The van der Waals surface area contributed by atoms with Crippen LogP contribution in [-0.4, -0.2) is 0 Å². The number of furan rings is 2. The summed E-state index contributed by atoms with van der Waals surface area (Å²) in [6, 6.07) is 78.3. The molecule has 2 aliphatic rings. The molecule has 2 aliphatic carbocycles. The summed E-state index contributed by atoms with van der Waals surface area (Å²) in [6.07, 6.45) is 9.65. The Morgan fingerprint density at radius 1 is 0.318 bits per heavy atom. The molecule has 2 aromatic heterocycles. The van der Waals surface area contributed by atoms with Crippen molar-refractivity contribution in [2.75, 3.05) is 9.80 Å². The number of para-hydroxylation sites is 4. The van der Waals surface area contributed by atoms with E-state index in [1.54, 1.807) is 0 Å². The fourth-order valence-corrected chi connectivity index (χ4v) is 15.7. The van der Waals surface area contributed by atoms with Crippen molar-refractivity contribution in [2.45, 2.75) is 129 Å². The molecule has 4 nitrogen and oxygen atoms in total. The molecule has 2 saturated carbocycles. The summed E-state index contributed by atoms with van der Waals surface area (Å²) in [5.74, 6) is 0.850. The molecule has 0 atom stereocenters. The predicted molar refractivity (Wildman–Crippen MR) is 374 cm³/mol. The SMILES string of the molecule is Cc1ccccc1-c1cccc2c1oc1c(N(c3ccc(C(C)(C)C)cc3)c3cc(C4CCCC4)c4ccc5c(N(c6ccc(C(C)(C)C)cc6)c6cccc7c6oc6c(-c8ccccc8C)cccc67)cc(C6CCCC6)c6ccc3c4c65)cccc12. The van der Waals surface area contributed by atoms with Crippen LogP contribution in [0.1, 0.15) is 138 Å². The number of hydrogen-bond donors (Lipinski definition) is 0. The second-order valence-electron chi connectivity index (χ2n) is 27.8. The lowest BCUT2D eigenvalue weighted by Crippen LogP contribution is -2.15. The van der Waals surface area contributed by atoms with Crippen molar-refractivity contribution >= 4 is 110 Å². The van der Waals surface area contributed by atoms with Gasteiger partial charge in [-0.25, -0.2) is 0 Å². The minimum atomic E-state index is -0.0197. The van der Waals surface area contributed by atoms with Crippen LogP contribution in [0.15, 0.2) is 215 Å². The van der Waals surface area contributed by atoms with Gasteiger partial charge in [0.2, 0.25) is 0 Å². The van der Waals surface area contributed by atoms with Gasteiger partial charge in [-0.05, 0) is 177 Å². The maximum Gasteiger partial charge on any atom is 0.159 e. The number of benzene rings is 12. The fraction of sp³-hybridized carbons (Fsp3) is 0.238. The topological polar surface area (TPSA) is 32.8 Å². The van der Waals surface area contributed by atoms with Crippen molar-refractivity contribution in [1.29, 1.82) is 0 Å². The van der Waals surface area contributed by atoms with E-state index in [-0.39, 0.29) is 10.8 Å². The lowest BCUT2D eigenvalue weighted by atomic mass is 9.82. The number of anilines is 6. The van der Waals surface area contributed by atoms with E-state index < -0.39 is 0 Å². The van der Waals surface area contributed by atoms with Crippen LogP contribution in [0.25, 0.3) is 98.4 Å². The third kappa shape index (κ3) is 8.75. The quantitative estimate of drug-likeness (QED) is 0.128. The molecule has 0 bridgehead atoms. The van der Waals surface area contributed by atoms with Crippen LogP contribution in [0.5, 0.6) is 0 Å². The third-order valence-electron chi connectivity index (χ3n) is 20.3. The maximum absolute atomic E-state index is 7.43. The normalized spacial score (nSPS) is 14.6. The lowest BCUT2D eigenvalue weighted by Gasteiger charge is -2.32. The second-order valence-corrected chi connectivity index (χ2v) is 27.8. The van der Waals surface area contributed by atoms with Crippen molar-refractivity contribution in [3.8, 4) is 22.3 Å². The van der Waals surface area contributed by atoms with E-state index in [1.165, 1.54) is 140 Å². The second kappa shape index (κ2) is 20.8. The maximum atomic E-state index is 7.43. The van der Waals surface area contributed by atoms with Gasteiger partial charge < -0.3 is 18.6 Å². The van der Waals surface area contributed by atoms with Gasteiger partial charge in [-0.2, -0.15) is 0 Å². The van der Waals surface area contributed by atoms with E-state index in [2.05, 4.69) is 271 Å². The van der Waals surface area contributed by atoms with Gasteiger partial charge in [0.25, 0.3) is 0 Å². The molecule has 16 rings (SSSR count). The molecular formula is C84H76N2O2. The smallest absolute Gasteiger partial charge is 0.159 e. The summed E-state index contributed by atoms with van der Waals surface area (Å²) in [7, 11) is 0. The first kappa shape index (κ1) is 54.3.